The molecule has 86 valence electrons. The van der Waals surface area contributed by atoms with Gasteiger partial charge in [-0.05, 0) is 38.1 Å². The first-order chi connectivity index (χ1) is 7.69. The summed E-state index contributed by atoms with van der Waals surface area (Å²) in [6.45, 7) is 1.82. The fraction of sp³-hybridized carbons (Fsp3) is 0.385. The molecule has 0 saturated carbocycles. The monoisotopic (exact) mass is 239 g/mol. The molecule has 3 heteroatoms. The number of nitrogens with one attached hydrogen (secondary N) is 1. The van der Waals surface area contributed by atoms with E-state index < -0.39 is 0 Å². The minimum atomic E-state index is -0.374. The molecule has 0 radical (unpaired) electrons. The van der Waals surface area contributed by atoms with Crippen molar-refractivity contribution in [3.8, 4) is 11.8 Å². The van der Waals surface area contributed by atoms with Gasteiger partial charge in [0.25, 0.3) is 0 Å². The summed E-state index contributed by atoms with van der Waals surface area (Å²) >= 11 is 5.64. The maximum absolute atomic E-state index is 13.3. The Bertz CT molecular complexity index is 406. The first-order valence-corrected chi connectivity index (χ1v) is 5.58. The Labute approximate surface area is 101 Å². The predicted octanol–water partition coefficient (Wildman–Crippen LogP) is 3.54. The van der Waals surface area contributed by atoms with Gasteiger partial charge in [0.1, 0.15) is 5.82 Å². The van der Waals surface area contributed by atoms with Crippen molar-refractivity contribution in [2.45, 2.75) is 25.8 Å². The van der Waals surface area contributed by atoms with Crippen molar-refractivity contribution in [2.24, 2.45) is 0 Å². The molecule has 1 aromatic rings. The fourth-order valence-electron chi connectivity index (χ4n) is 1.55. The maximum Gasteiger partial charge on any atom is 0.142 e. The van der Waals surface area contributed by atoms with E-state index in [0.717, 1.165) is 18.4 Å². The van der Waals surface area contributed by atoms with Gasteiger partial charge in [-0.25, -0.2) is 4.39 Å². The van der Waals surface area contributed by atoms with E-state index >= 15 is 0 Å². The lowest BCUT2D eigenvalue weighted by atomic mass is 10.0. The van der Waals surface area contributed by atoms with Crippen LogP contribution >= 0.6 is 11.6 Å². The van der Waals surface area contributed by atoms with Crippen LogP contribution in [0, 0.1) is 17.7 Å². The van der Waals surface area contributed by atoms with E-state index in [9.17, 15) is 4.39 Å². The standard InChI is InChI=1S/C13H15ClFN/c1-3-4-5-6-13(16-2)10-7-8-11(14)12(15)9-10/h7-9,13,16H,5-6H2,1-2H3. The summed E-state index contributed by atoms with van der Waals surface area (Å²) in [6, 6.07) is 5.02. The van der Waals surface area contributed by atoms with Crippen LogP contribution in [0.1, 0.15) is 31.4 Å². The number of halogens is 2. The van der Waals surface area contributed by atoms with Crippen molar-refractivity contribution < 1.29 is 4.39 Å². The highest BCUT2D eigenvalue weighted by atomic mass is 35.5. The topological polar surface area (TPSA) is 12.0 Å². The summed E-state index contributed by atoms with van der Waals surface area (Å²) in [5.41, 5.74) is 0.905. The molecule has 1 aromatic carbocycles. The molecule has 0 aromatic heterocycles. The lowest BCUT2D eigenvalue weighted by Gasteiger charge is -2.15. The van der Waals surface area contributed by atoms with Crippen molar-refractivity contribution in [3.05, 3.63) is 34.6 Å². The third-order valence-electron chi connectivity index (χ3n) is 2.43. The molecule has 0 aliphatic carbocycles. The van der Waals surface area contributed by atoms with Crippen LogP contribution in [-0.2, 0) is 0 Å². The summed E-state index contributed by atoms with van der Waals surface area (Å²) in [5, 5.41) is 3.31. The molecule has 0 amide bonds. The van der Waals surface area contributed by atoms with Gasteiger partial charge >= 0.3 is 0 Å². The highest BCUT2D eigenvalue weighted by Crippen LogP contribution is 2.22. The normalized spacial score (nSPS) is 11.8. The van der Waals surface area contributed by atoms with Gasteiger partial charge in [0.2, 0.25) is 0 Å². The zero-order valence-electron chi connectivity index (χ0n) is 9.48. The predicted molar refractivity (Wildman–Crippen MR) is 65.9 cm³/mol. The number of hydrogen-bond acceptors (Lipinski definition) is 1. The molecule has 0 heterocycles. The summed E-state index contributed by atoms with van der Waals surface area (Å²) < 4.78 is 13.3. The summed E-state index contributed by atoms with van der Waals surface area (Å²) in [4.78, 5) is 0. The SMILES string of the molecule is CC#CCCC(NC)c1ccc(Cl)c(F)c1. The van der Waals surface area contributed by atoms with Crippen molar-refractivity contribution in [2.75, 3.05) is 7.05 Å². The van der Waals surface area contributed by atoms with E-state index in [-0.39, 0.29) is 16.9 Å². The number of hydrogen-bond donors (Lipinski definition) is 1. The molecule has 1 atom stereocenters. The molecule has 1 rings (SSSR count). The Hall–Kier alpha value is -1.04. The van der Waals surface area contributed by atoms with Crippen molar-refractivity contribution in [1.82, 2.24) is 5.32 Å². The molecule has 16 heavy (non-hydrogen) atoms. The molecule has 0 aliphatic heterocycles. The third-order valence-corrected chi connectivity index (χ3v) is 2.74. The highest BCUT2D eigenvalue weighted by molar-refractivity contribution is 6.30. The van der Waals surface area contributed by atoms with Gasteiger partial charge in [0.15, 0.2) is 0 Å². The molecular formula is C13H15ClFN. The molecule has 0 saturated heterocycles. The van der Waals surface area contributed by atoms with Crippen LogP contribution < -0.4 is 5.32 Å². The Morgan fingerprint density at radius 3 is 2.81 bits per heavy atom. The molecule has 0 spiro atoms. The average molecular weight is 240 g/mol. The van der Waals surface area contributed by atoms with Crippen LogP contribution in [0.5, 0.6) is 0 Å². The second-order valence-corrected chi connectivity index (χ2v) is 3.89. The Morgan fingerprint density at radius 2 is 2.25 bits per heavy atom. The fourth-order valence-corrected chi connectivity index (χ4v) is 1.67. The Balaban J connectivity index is 2.77. The zero-order valence-corrected chi connectivity index (χ0v) is 10.2. The molecule has 0 fully saturated rings. The number of benzene rings is 1. The average Bonchev–Trinajstić information content (AvgIpc) is 2.29. The summed E-state index contributed by atoms with van der Waals surface area (Å²) in [7, 11) is 1.86. The maximum atomic E-state index is 13.3. The van der Waals surface area contributed by atoms with E-state index in [4.69, 9.17) is 11.6 Å². The van der Waals surface area contributed by atoms with E-state index in [2.05, 4.69) is 17.2 Å². The van der Waals surface area contributed by atoms with E-state index in [1.807, 2.05) is 20.0 Å². The smallest absolute Gasteiger partial charge is 0.142 e. The van der Waals surface area contributed by atoms with Crippen LogP contribution in [0.4, 0.5) is 4.39 Å². The van der Waals surface area contributed by atoms with E-state index in [1.54, 1.807) is 6.07 Å². The minimum Gasteiger partial charge on any atom is -0.313 e. The quantitative estimate of drug-likeness (QED) is 0.793. The molecular weight excluding hydrogens is 225 g/mol. The first-order valence-electron chi connectivity index (χ1n) is 5.21. The summed E-state index contributed by atoms with van der Waals surface area (Å²) in [5.74, 6) is 5.47. The molecule has 1 unspecified atom stereocenters. The molecule has 1 nitrogen and oxygen atoms in total. The lowest BCUT2D eigenvalue weighted by Crippen LogP contribution is -2.16. The third kappa shape index (κ3) is 3.52. The van der Waals surface area contributed by atoms with Crippen molar-refractivity contribution >= 4 is 11.6 Å². The highest BCUT2D eigenvalue weighted by Gasteiger charge is 2.10. The van der Waals surface area contributed by atoms with Gasteiger partial charge in [0.05, 0.1) is 5.02 Å². The van der Waals surface area contributed by atoms with Crippen LogP contribution in [0.15, 0.2) is 18.2 Å². The van der Waals surface area contributed by atoms with E-state index in [1.165, 1.54) is 6.07 Å². The van der Waals surface area contributed by atoms with Gasteiger partial charge < -0.3 is 5.32 Å². The largest absolute Gasteiger partial charge is 0.313 e. The zero-order chi connectivity index (χ0) is 12.0. The Kier molecular flexibility index (Phi) is 5.31. The second kappa shape index (κ2) is 6.52. The van der Waals surface area contributed by atoms with Crippen LogP contribution in [0.2, 0.25) is 5.02 Å². The van der Waals surface area contributed by atoms with Gasteiger partial charge in [-0.15, -0.1) is 11.8 Å². The molecule has 0 aliphatic rings. The van der Waals surface area contributed by atoms with Gasteiger partial charge in [-0.3, -0.25) is 0 Å². The van der Waals surface area contributed by atoms with Gasteiger partial charge in [-0.2, -0.15) is 0 Å². The minimum absolute atomic E-state index is 0.118. The van der Waals surface area contributed by atoms with Crippen LogP contribution in [-0.4, -0.2) is 7.05 Å². The first kappa shape index (κ1) is 13.0. The van der Waals surface area contributed by atoms with Gasteiger partial charge in [0, 0.05) is 12.5 Å². The Morgan fingerprint density at radius 1 is 1.50 bits per heavy atom. The lowest BCUT2D eigenvalue weighted by molar-refractivity contribution is 0.550. The second-order valence-electron chi connectivity index (χ2n) is 3.48. The molecule has 1 N–H and O–H groups in total. The van der Waals surface area contributed by atoms with E-state index in [0.29, 0.717) is 0 Å². The number of rotatable bonds is 4. The summed E-state index contributed by atoms with van der Waals surface area (Å²) in [6.07, 6.45) is 1.66. The van der Waals surface area contributed by atoms with Crippen molar-refractivity contribution in [3.63, 3.8) is 0 Å². The van der Waals surface area contributed by atoms with Crippen LogP contribution in [0.25, 0.3) is 0 Å². The van der Waals surface area contributed by atoms with Gasteiger partial charge in [-0.1, -0.05) is 17.7 Å². The molecule has 0 bridgehead atoms. The van der Waals surface area contributed by atoms with Crippen LogP contribution in [0.3, 0.4) is 0 Å². The van der Waals surface area contributed by atoms with Crippen molar-refractivity contribution in [1.29, 1.82) is 0 Å².